The van der Waals surface area contributed by atoms with E-state index in [-0.39, 0.29) is 11.0 Å². The van der Waals surface area contributed by atoms with E-state index in [1.54, 1.807) is 22.7 Å². The molecule has 0 unspecified atom stereocenters. The molecule has 0 saturated carbocycles. The number of ether oxygens (including phenoxy) is 1. The summed E-state index contributed by atoms with van der Waals surface area (Å²) < 4.78 is 6.72. The fourth-order valence-electron chi connectivity index (χ4n) is 3.36. The number of thiophene rings is 1. The van der Waals surface area contributed by atoms with Crippen molar-refractivity contribution in [2.45, 2.75) is 27.3 Å². The maximum atomic E-state index is 12.9. The van der Waals surface area contributed by atoms with E-state index in [1.165, 1.54) is 18.4 Å². The second-order valence-corrected chi connectivity index (χ2v) is 9.23. The highest BCUT2D eigenvalue weighted by Gasteiger charge is 2.27. The van der Waals surface area contributed by atoms with Crippen LogP contribution in [0, 0.1) is 6.92 Å². The number of halogens is 1. The smallest absolute Gasteiger partial charge is 0.341 e. The number of carbonyl (C=O) groups is 2. The Morgan fingerprint density at radius 3 is 2.50 bits per heavy atom. The molecule has 2 N–H and O–H groups in total. The first-order valence-corrected chi connectivity index (χ1v) is 12.2. The number of hydrogen-bond donors (Lipinski definition) is 2. The topological polar surface area (TPSA) is 88.5 Å². The molecule has 0 bridgehead atoms. The van der Waals surface area contributed by atoms with E-state index in [0.717, 1.165) is 5.56 Å². The molecule has 0 fully saturated rings. The van der Waals surface area contributed by atoms with Crippen LogP contribution in [0.3, 0.4) is 0 Å². The number of amides is 1. The van der Waals surface area contributed by atoms with Crippen LogP contribution in [-0.4, -0.2) is 51.9 Å². The van der Waals surface area contributed by atoms with Gasteiger partial charge in [0.15, 0.2) is 5.11 Å². The minimum atomic E-state index is -0.534. The van der Waals surface area contributed by atoms with Crippen molar-refractivity contribution in [3.05, 3.63) is 63.2 Å². The second-order valence-electron chi connectivity index (χ2n) is 7.36. The van der Waals surface area contributed by atoms with Crippen LogP contribution in [-0.2, 0) is 11.3 Å². The summed E-state index contributed by atoms with van der Waals surface area (Å²) in [5, 5.41) is 11.9. The first-order valence-electron chi connectivity index (χ1n) is 10.6. The van der Waals surface area contributed by atoms with E-state index in [4.69, 9.17) is 28.6 Å². The van der Waals surface area contributed by atoms with Gasteiger partial charge in [0.2, 0.25) is 0 Å². The van der Waals surface area contributed by atoms with E-state index in [0.29, 0.717) is 51.3 Å². The summed E-state index contributed by atoms with van der Waals surface area (Å²) in [7, 11) is 1.31. The number of methoxy groups -OCH3 is 1. The fourth-order valence-corrected chi connectivity index (χ4v) is 4.94. The number of hydrogen-bond acceptors (Lipinski definition) is 6. The Balaban J connectivity index is 1.75. The lowest BCUT2D eigenvalue weighted by atomic mass is 10.1. The van der Waals surface area contributed by atoms with Crippen LogP contribution in [0.25, 0.3) is 0 Å². The van der Waals surface area contributed by atoms with Gasteiger partial charge in [0.1, 0.15) is 5.00 Å². The minimum Gasteiger partial charge on any atom is -0.465 e. The van der Waals surface area contributed by atoms with E-state index < -0.39 is 5.97 Å². The van der Waals surface area contributed by atoms with Gasteiger partial charge in [0, 0.05) is 24.3 Å². The van der Waals surface area contributed by atoms with Crippen LogP contribution in [0.1, 0.15) is 45.0 Å². The third-order valence-corrected chi connectivity index (χ3v) is 6.81. The van der Waals surface area contributed by atoms with Crippen molar-refractivity contribution in [2.24, 2.45) is 0 Å². The van der Waals surface area contributed by atoms with E-state index in [2.05, 4.69) is 15.7 Å². The van der Waals surface area contributed by atoms with Gasteiger partial charge in [-0.05, 0) is 56.2 Å². The van der Waals surface area contributed by atoms with Gasteiger partial charge < -0.3 is 20.3 Å². The van der Waals surface area contributed by atoms with Gasteiger partial charge in [0.25, 0.3) is 5.91 Å². The molecular formula is C23H26ClN5O3S2. The lowest BCUT2D eigenvalue weighted by Crippen LogP contribution is -2.30. The Hall–Kier alpha value is -2.95. The Bertz CT molecular complexity index is 1190. The molecule has 0 aliphatic rings. The van der Waals surface area contributed by atoms with Crippen molar-refractivity contribution in [2.75, 3.05) is 30.8 Å². The number of nitrogens with zero attached hydrogens (tertiary/aromatic N) is 3. The van der Waals surface area contributed by atoms with Crippen molar-refractivity contribution in [1.29, 1.82) is 0 Å². The number of benzene rings is 1. The zero-order valence-corrected chi connectivity index (χ0v) is 21.7. The third kappa shape index (κ3) is 5.94. The Morgan fingerprint density at radius 2 is 1.88 bits per heavy atom. The van der Waals surface area contributed by atoms with Crippen molar-refractivity contribution in [3.8, 4) is 0 Å². The number of carbonyl (C=O) groups excluding carboxylic acids is 2. The maximum absolute atomic E-state index is 12.9. The van der Waals surface area contributed by atoms with Gasteiger partial charge in [-0.25, -0.2) is 4.79 Å². The molecule has 0 aliphatic carbocycles. The molecule has 0 aliphatic heterocycles. The Kier molecular flexibility index (Phi) is 8.65. The normalized spacial score (nSPS) is 10.6. The van der Waals surface area contributed by atoms with Crippen LogP contribution in [0.15, 0.2) is 36.7 Å². The number of aromatic nitrogens is 2. The number of esters is 1. The first kappa shape index (κ1) is 25.7. The number of thiocarbonyl (C=S) groups is 1. The summed E-state index contributed by atoms with van der Waals surface area (Å²) in [4.78, 5) is 27.6. The third-order valence-electron chi connectivity index (χ3n) is 5.16. The van der Waals surface area contributed by atoms with E-state index in [1.807, 2.05) is 44.3 Å². The lowest BCUT2D eigenvalue weighted by molar-refractivity contribution is 0.0601. The van der Waals surface area contributed by atoms with Gasteiger partial charge in [-0.3, -0.25) is 9.48 Å². The summed E-state index contributed by atoms with van der Waals surface area (Å²) in [5.74, 6) is -0.665. The average molecular weight is 520 g/mol. The molecule has 2 heterocycles. The molecule has 2 aromatic heterocycles. The molecule has 8 nitrogen and oxygen atoms in total. The van der Waals surface area contributed by atoms with Crippen LogP contribution in [0.2, 0.25) is 5.02 Å². The average Bonchev–Trinajstić information content (AvgIpc) is 3.38. The summed E-state index contributed by atoms with van der Waals surface area (Å²) in [6, 6.07) is 7.54. The van der Waals surface area contributed by atoms with Crippen LogP contribution in [0.5, 0.6) is 0 Å². The second kappa shape index (κ2) is 11.5. The maximum Gasteiger partial charge on any atom is 0.341 e. The molecular weight excluding hydrogens is 494 g/mol. The highest BCUT2D eigenvalue weighted by atomic mass is 35.5. The number of nitrogens with one attached hydrogen (secondary N) is 2. The van der Waals surface area contributed by atoms with Gasteiger partial charge in [-0.1, -0.05) is 23.7 Å². The van der Waals surface area contributed by atoms with E-state index in [9.17, 15) is 9.59 Å². The monoisotopic (exact) mass is 519 g/mol. The molecule has 0 atom stereocenters. The van der Waals surface area contributed by atoms with Gasteiger partial charge in [-0.2, -0.15) is 5.10 Å². The van der Waals surface area contributed by atoms with Crippen LogP contribution >= 0.6 is 35.2 Å². The fraction of sp³-hybridized carbons (Fsp3) is 0.304. The molecule has 0 spiro atoms. The van der Waals surface area contributed by atoms with Gasteiger partial charge >= 0.3 is 5.97 Å². The van der Waals surface area contributed by atoms with Crippen molar-refractivity contribution < 1.29 is 14.3 Å². The number of anilines is 2. The zero-order chi connectivity index (χ0) is 24.8. The minimum absolute atomic E-state index is 0.131. The Labute approximate surface area is 212 Å². The molecule has 1 aromatic carbocycles. The van der Waals surface area contributed by atoms with Crippen LogP contribution < -0.4 is 10.6 Å². The molecule has 0 saturated heterocycles. The summed E-state index contributed by atoms with van der Waals surface area (Å²) in [6.07, 6.45) is 3.47. The summed E-state index contributed by atoms with van der Waals surface area (Å²) in [5.41, 5.74) is 2.60. The van der Waals surface area contributed by atoms with Crippen molar-refractivity contribution in [3.63, 3.8) is 0 Å². The molecule has 11 heteroatoms. The summed E-state index contributed by atoms with van der Waals surface area (Å²) >= 11 is 12.6. The van der Waals surface area contributed by atoms with Gasteiger partial charge in [0.05, 0.1) is 36.0 Å². The highest BCUT2D eigenvalue weighted by molar-refractivity contribution is 7.80. The van der Waals surface area contributed by atoms with Gasteiger partial charge in [-0.15, -0.1) is 11.3 Å². The molecule has 0 radical (unpaired) electrons. The predicted octanol–water partition coefficient (Wildman–Crippen LogP) is 5.03. The molecule has 1 amide bonds. The highest BCUT2D eigenvalue weighted by Crippen LogP contribution is 2.34. The first-order chi connectivity index (χ1) is 16.3. The SMILES string of the molecule is CCN(CC)C(=O)c1sc(NC(=S)Nc2cnn(Cc3ccc(Cl)cc3)c2)c(C(=O)OC)c1C. The number of rotatable bonds is 8. The standard InChI is InChI=1S/C23H26ClN5O3S2/c1-5-28(6-2)21(30)19-14(3)18(22(31)32-4)20(34-19)27-23(33)26-17-11-25-29(13-17)12-15-7-9-16(24)10-8-15/h7-11,13H,5-6,12H2,1-4H3,(H2,26,27,33). The van der Waals surface area contributed by atoms with Crippen molar-refractivity contribution >= 4 is 62.8 Å². The van der Waals surface area contributed by atoms with Crippen LogP contribution in [0.4, 0.5) is 10.7 Å². The molecule has 3 rings (SSSR count). The molecule has 3 aromatic rings. The van der Waals surface area contributed by atoms with Crippen molar-refractivity contribution in [1.82, 2.24) is 14.7 Å². The molecule has 34 heavy (non-hydrogen) atoms. The zero-order valence-electron chi connectivity index (χ0n) is 19.3. The quantitative estimate of drug-likeness (QED) is 0.318. The predicted molar refractivity (Wildman–Crippen MR) is 140 cm³/mol. The summed E-state index contributed by atoms with van der Waals surface area (Å²) in [6.45, 7) is 7.29. The molecule has 180 valence electrons. The van der Waals surface area contributed by atoms with E-state index >= 15 is 0 Å². The largest absolute Gasteiger partial charge is 0.465 e. The Morgan fingerprint density at radius 1 is 1.21 bits per heavy atom. The lowest BCUT2D eigenvalue weighted by Gasteiger charge is -2.17.